The van der Waals surface area contributed by atoms with Gasteiger partial charge in [0.05, 0.1) is 6.26 Å². The number of rotatable bonds is 6. The van der Waals surface area contributed by atoms with E-state index in [4.69, 9.17) is 0 Å². The molecule has 0 spiro atoms. The molecule has 0 heterocycles. The van der Waals surface area contributed by atoms with Gasteiger partial charge >= 0.3 is 0 Å². The summed E-state index contributed by atoms with van der Waals surface area (Å²) in [7, 11) is -3.40. The van der Waals surface area contributed by atoms with Crippen LogP contribution >= 0.6 is 0 Å². The fourth-order valence-electron chi connectivity index (χ4n) is 3.00. The van der Waals surface area contributed by atoms with Crippen molar-refractivity contribution in [3.8, 4) is 0 Å². The number of halogens is 2. The first-order valence-corrected chi connectivity index (χ1v) is 9.84. The highest BCUT2D eigenvalue weighted by Gasteiger charge is 2.28. The zero-order valence-electron chi connectivity index (χ0n) is 13.6. The van der Waals surface area contributed by atoms with Crippen molar-refractivity contribution in [3.05, 3.63) is 29.8 Å². The number of hydrogen-bond donors (Lipinski definition) is 1. The Bertz CT molecular complexity index is 689. The lowest BCUT2D eigenvalue weighted by Gasteiger charge is -2.32. The molecule has 134 valence electrons. The fourth-order valence-corrected chi connectivity index (χ4v) is 4.17. The number of hydrogen-bond acceptors (Lipinski definition) is 3. The van der Waals surface area contributed by atoms with Gasteiger partial charge in [0.2, 0.25) is 15.9 Å². The Morgan fingerprint density at radius 3 is 2.46 bits per heavy atom. The average molecular weight is 360 g/mol. The van der Waals surface area contributed by atoms with Crippen molar-refractivity contribution in [3.63, 3.8) is 0 Å². The molecule has 1 N–H and O–H groups in total. The summed E-state index contributed by atoms with van der Waals surface area (Å²) < 4.78 is 51.4. The first-order valence-electron chi connectivity index (χ1n) is 7.99. The highest BCUT2D eigenvalue weighted by atomic mass is 32.2. The van der Waals surface area contributed by atoms with E-state index in [-0.39, 0.29) is 24.7 Å². The van der Waals surface area contributed by atoms with Crippen molar-refractivity contribution in [1.29, 1.82) is 0 Å². The van der Waals surface area contributed by atoms with E-state index in [1.54, 1.807) is 0 Å². The van der Waals surface area contributed by atoms with E-state index in [1.807, 2.05) is 0 Å². The van der Waals surface area contributed by atoms with Crippen LogP contribution in [0, 0.1) is 11.6 Å². The second-order valence-electron chi connectivity index (χ2n) is 6.09. The van der Waals surface area contributed by atoms with Crippen LogP contribution in [-0.2, 0) is 14.8 Å². The molecular weight excluding hydrogens is 338 g/mol. The summed E-state index contributed by atoms with van der Waals surface area (Å²) >= 11 is 0. The van der Waals surface area contributed by atoms with Crippen molar-refractivity contribution in [2.24, 2.45) is 0 Å². The van der Waals surface area contributed by atoms with E-state index < -0.39 is 27.6 Å². The number of sulfonamides is 1. The summed E-state index contributed by atoms with van der Waals surface area (Å²) in [5.41, 5.74) is 0.141. The van der Waals surface area contributed by atoms with Crippen LogP contribution in [0.4, 0.5) is 14.5 Å². The Balaban J connectivity index is 1.95. The third kappa shape index (κ3) is 5.24. The number of nitrogens with one attached hydrogen (secondary N) is 1. The zero-order valence-corrected chi connectivity index (χ0v) is 14.4. The van der Waals surface area contributed by atoms with Crippen molar-refractivity contribution >= 4 is 21.6 Å². The maximum atomic E-state index is 13.1. The van der Waals surface area contributed by atoms with Crippen LogP contribution in [0.1, 0.15) is 38.5 Å². The summed E-state index contributed by atoms with van der Waals surface area (Å²) in [6, 6.07) is 3.01. The van der Waals surface area contributed by atoms with E-state index in [1.165, 1.54) is 10.4 Å². The number of amides is 1. The van der Waals surface area contributed by atoms with Gasteiger partial charge in [0.1, 0.15) is 0 Å². The maximum Gasteiger partial charge on any atom is 0.225 e. The third-order valence-electron chi connectivity index (χ3n) is 4.17. The zero-order chi connectivity index (χ0) is 17.7. The van der Waals surface area contributed by atoms with Gasteiger partial charge in [0.15, 0.2) is 11.6 Å². The molecule has 1 fully saturated rings. The first kappa shape index (κ1) is 18.8. The molecule has 1 saturated carbocycles. The molecule has 1 aromatic carbocycles. The van der Waals surface area contributed by atoms with Crippen LogP contribution in [0.5, 0.6) is 0 Å². The number of nitrogens with zero attached hydrogens (tertiary/aromatic N) is 1. The molecule has 24 heavy (non-hydrogen) atoms. The van der Waals surface area contributed by atoms with Gasteiger partial charge in [-0.15, -0.1) is 0 Å². The molecule has 1 aliphatic carbocycles. The number of anilines is 1. The van der Waals surface area contributed by atoms with E-state index >= 15 is 0 Å². The molecule has 2 rings (SSSR count). The molecular formula is C16H22F2N2O3S. The Labute approximate surface area is 141 Å². The normalized spacial score (nSPS) is 16.3. The highest BCUT2D eigenvalue weighted by Crippen LogP contribution is 2.24. The summed E-state index contributed by atoms with van der Waals surface area (Å²) in [5, 5.41) is 2.45. The van der Waals surface area contributed by atoms with E-state index in [2.05, 4.69) is 5.32 Å². The van der Waals surface area contributed by atoms with Gasteiger partial charge in [-0.25, -0.2) is 17.2 Å². The molecule has 0 unspecified atom stereocenters. The van der Waals surface area contributed by atoms with Gasteiger partial charge < -0.3 is 5.32 Å². The lowest BCUT2D eigenvalue weighted by atomic mass is 9.95. The van der Waals surface area contributed by atoms with Gasteiger partial charge in [-0.05, 0) is 25.0 Å². The molecule has 8 heteroatoms. The van der Waals surface area contributed by atoms with Crippen LogP contribution in [0.15, 0.2) is 18.2 Å². The summed E-state index contributed by atoms with van der Waals surface area (Å²) in [6.07, 6.45) is 5.79. The molecule has 0 atom stereocenters. The van der Waals surface area contributed by atoms with Gasteiger partial charge in [0.25, 0.3) is 0 Å². The minimum Gasteiger partial charge on any atom is -0.326 e. The lowest BCUT2D eigenvalue weighted by Crippen LogP contribution is -2.42. The molecule has 5 nitrogen and oxygen atoms in total. The van der Waals surface area contributed by atoms with E-state index in [9.17, 15) is 22.0 Å². The Kier molecular flexibility index (Phi) is 6.28. The largest absolute Gasteiger partial charge is 0.326 e. The summed E-state index contributed by atoms with van der Waals surface area (Å²) in [6.45, 7) is 0.0824. The Morgan fingerprint density at radius 2 is 1.88 bits per heavy atom. The van der Waals surface area contributed by atoms with Crippen molar-refractivity contribution in [1.82, 2.24) is 4.31 Å². The molecule has 0 aromatic heterocycles. The molecule has 1 aromatic rings. The van der Waals surface area contributed by atoms with Crippen LogP contribution in [0.2, 0.25) is 0 Å². The standard InChI is InChI=1S/C16H22F2N2O3S/c1-24(22,23)20(13-5-3-2-4-6-13)10-9-16(21)19-12-7-8-14(17)15(18)11-12/h7-8,11,13H,2-6,9-10H2,1H3,(H,19,21). The fraction of sp³-hybridized carbons (Fsp3) is 0.562. The quantitative estimate of drug-likeness (QED) is 0.848. The van der Waals surface area contributed by atoms with Crippen molar-refractivity contribution < 1.29 is 22.0 Å². The Hall–Kier alpha value is -1.54. The minimum absolute atomic E-state index is 0.0391. The molecule has 0 bridgehead atoms. The predicted molar refractivity (Wildman–Crippen MR) is 88.0 cm³/mol. The van der Waals surface area contributed by atoms with Crippen LogP contribution in [0.25, 0.3) is 0 Å². The second-order valence-corrected chi connectivity index (χ2v) is 8.03. The Morgan fingerprint density at radius 1 is 1.21 bits per heavy atom. The maximum absolute atomic E-state index is 13.1. The van der Waals surface area contributed by atoms with Gasteiger partial charge in [-0.2, -0.15) is 4.31 Å². The molecule has 1 amide bonds. The van der Waals surface area contributed by atoms with Crippen LogP contribution < -0.4 is 5.32 Å². The number of benzene rings is 1. The second kappa shape index (κ2) is 8.02. The van der Waals surface area contributed by atoms with E-state index in [0.29, 0.717) is 0 Å². The summed E-state index contributed by atoms with van der Waals surface area (Å²) in [5.74, 6) is -2.48. The number of carbonyl (C=O) groups is 1. The molecule has 0 aliphatic heterocycles. The topological polar surface area (TPSA) is 66.5 Å². The minimum atomic E-state index is -3.40. The predicted octanol–water partition coefficient (Wildman–Crippen LogP) is 2.89. The van der Waals surface area contributed by atoms with Gasteiger partial charge in [-0.3, -0.25) is 4.79 Å². The third-order valence-corrected chi connectivity index (χ3v) is 5.50. The lowest BCUT2D eigenvalue weighted by molar-refractivity contribution is -0.116. The molecule has 0 radical (unpaired) electrons. The van der Waals surface area contributed by atoms with Crippen molar-refractivity contribution in [2.45, 2.75) is 44.6 Å². The monoisotopic (exact) mass is 360 g/mol. The molecule has 1 aliphatic rings. The highest BCUT2D eigenvalue weighted by molar-refractivity contribution is 7.88. The SMILES string of the molecule is CS(=O)(=O)N(CCC(=O)Nc1ccc(F)c(F)c1)C1CCCCC1. The van der Waals surface area contributed by atoms with Crippen LogP contribution in [-0.4, -0.2) is 37.5 Å². The average Bonchev–Trinajstić information content (AvgIpc) is 2.51. The summed E-state index contributed by atoms with van der Waals surface area (Å²) in [4.78, 5) is 12.0. The first-order chi connectivity index (χ1) is 11.3. The van der Waals surface area contributed by atoms with Gasteiger partial charge in [0, 0.05) is 30.8 Å². The van der Waals surface area contributed by atoms with Crippen LogP contribution in [0.3, 0.4) is 0 Å². The smallest absolute Gasteiger partial charge is 0.225 e. The van der Waals surface area contributed by atoms with Crippen molar-refractivity contribution in [2.75, 3.05) is 18.1 Å². The molecule has 0 saturated heterocycles. The van der Waals surface area contributed by atoms with Gasteiger partial charge in [-0.1, -0.05) is 19.3 Å². The number of carbonyl (C=O) groups excluding carboxylic acids is 1. The van der Waals surface area contributed by atoms with E-state index in [0.717, 1.165) is 50.5 Å².